The number of benzene rings is 1. The second-order valence-electron chi connectivity index (χ2n) is 4.76. The largest absolute Gasteiger partial charge is 0.497 e. The van der Waals surface area contributed by atoms with Gasteiger partial charge in [0.1, 0.15) is 5.75 Å². The van der Waals surface area contributed by atoms with Crippen LogP contribution in [0.5, 0.6) is 5.75 Å². The summed E-state index contributed by atoms with van der Waals surface area (Å²) in [5, 5.41) is 0. The molecule has 1 aliphatic rings. The number of carbonyl (C=O) groups excluding carboxylic acids is 1. The highest BCUT2D eigenvalue weighted by Crippen LogP contribution is 2.27. The third kappa shape index (κ3) is 3.71. The van der Waals surface area contributed by atoms with Crippen LogP contribution in [0.15, 0.2) is 24.3 Å². The number of methoxy groups -OCH3 is 1. The summed E-state index contributed by atoms with van der Waals surface area (Å²) in [6.07, 6.45) is 1.30. The molecular weight excluding hydrogens is 282 g/mol. The second kappa shape index (κ2) is 5.80. The summed E-state index contributed by atoms with van der Waals surface area (Å²) in [6, 6.07) is 7.17. The number of anilines is 1. The van der Waals surface area contributed by atoms with E-state index in [1.165, 1.54) is 0 Å². The van der Waals surface area contributed by atoms with Gasteiger partial charge in [-0.25, -0.2) is 0 Å². The molecule has 1 aliphatic heterocycles. The molecule has 1 heterocycles. The Morgan fingerprint density at radius 3 is 2.50 bits per heavy atom. The van der Waals surface area contributed by atoms with E-state index in [2.05, 4.69) is 0 Å². The van der Waals surface area contributed by atoms with Crippen molar-refractivity contribution >= 4 is 21.7 Å². The van der Waals surface area contributed by atoms with Gasteiger partial charge in [0.2, 0.25) is 5.91 Å². The maximum Gasteiger partial charge on any atom is 0.264 e. The van der Waals surface area contributed by atoms with Crippen molar-refractivity contribution < 1.29 is 22.1 Å². The highest BCUT2D eigenvalue weighted by Gasteiger charge is 2.31. The minimum absolute atomic E-state index is 0.0303. The van der Waals surface area contributed by atoms with E-state index in [1.54, 1.807) is 36.3 Å². The predicted molar refractivity (Wildman–Crippen MR) is 74.2 cm³/mol. The Kier molecular flexibility index (Phi) is 4.29. The number of hydrogen-bond acceptors (Lipinski definition) is 5. The van der Waals surface area contributed by atoms with Crippen LogP contribution >= 0.6 is 0 Å². The maximum atomic E-state index is 12.0. The minimum atomic E-state index is -3.47. The van der Waals surface area contributed by atoms with E-state index in [0.717, 1.165) is 17.7 Å². The van der Waals surface area contributed by atoms with E-state index in [-0.39, 0.29) is 18.4 Å². The van der Waals surface area contributed by atoms with Crippen molar-refractivity contribution in [1.29, 1.82) is 0 Å². The third-order valence-electron chi connectivity index (χ3n) is 3.11. The molecule has 1 amide bonds. The summed E-state index contributed by atoms with van der Waals surface area (Å²) >= 11 is 0. The van der Waals surface area contributed by atoms with Gasteiger partial charge in [-0.15, -0.1) is 0 Å². The van der Waals surface area contributed by atoms with E-state index in [4.69, 9.17) is 8.92 Å². The number of rotatable bonds is 5. The molecule has 6 nitrogen and oxygen atoms in total. The van der Waals surface area contributed by atoms with Crippen LogP contribution in [-0.4, -0.2) is 40.8 Å². The van der Waals surface area contributed by atoms with Crippen LogP contribution in [0.4, 0.5) is 5.69 Å². The molecule has 1 fully saturated rings. The van der Waals surface area contributed by atoms with E-state index >= 15 is 0 Å². The van der Waals surface area contributed by atoms with Gasteiger partial charge in [-0.3, -0.25) is 8.98 Å². The molecule has 2 rings (SSSR count). The van der Waals surface area contributed by atoms with E-state index in [9.17, 15) is 13.2 Å². The standard InChI is InChI=1S/C13H17NO5S/c1-18-12-5-3-11(4-6-12)14-8-10(7-13(14)15)9-19-20(2,16)17/h3-6,10H,7-9H2,1-2H3/t10-/m0/s1. The zero-order valence-corrected chi connectivity index (χ0v) is 12.2. The summed E-state index contributed by atoms with van der Waals surface area (Å²) in [4.78, 5) is 13.6. The van der Waals surface area contributed by atoms with Crippen molar-refractivity contribution in [3.63, 3.8) is 0 Å². The van der Waals surface area contributed by atoms with Gasteiger partial charge in [-0.2, -0.15) is 8.42 Å². The monoisotopic (exact) mass is 299 g/mol. The molecule has 0 N–H and O–H groups in total. The summed E-state index contributed by atoms with van der Waals surface area (Å²) < 4.78 is 31.7. The molecule has 0 radical (unpaired) electrons. The lowest BCUT2D eigenvalue weighted by Crippen LogP contribution is -2.25. The van der Waals surface area contributed by atoms with Crippen LogP contribution in [0, 0.1) is 5.92 Å². The number of amides is 1. The average molecular weight is 299 g/mol. The van der Waals surface area contributed by atoms with Crippen LogP contribution in [0.1, 0.15) is 6.42 Å². The molecule has 0 bridgehead atoms. The normalized spacial score (nSPS) is 19.4. The van der Waals surface area contributed by atoms with Crippen LogP contribution in [0.2, 0.25) is 0 Å². The number of ether oxygens (including phenoxy) is 1. The Morgan fingerprint density at radius 2 is 1.95 bits per heavy atom. The fraction of sp³-hybridized carbons (Fsp3) is 0.462. The van der Waals surface area contributed by atoms with E-state index in [1.807, 2.05) is 0 Å². The lowest BCUT2D eigenvalue weighted by Gasteiger charge is -2.17. The molecule has 0 aliphatic carbocycles. The number of nitrogens with zero attached hydrogens (tertiary/aromatic N) is 1. The Balaban J connectivity index is 2.01. The van der Waals surface area contributed by atoms with Gasteiger partial charge in [0.25, 0.3) is 10.1 Å². The lowest BCUT2D eigenvalue weighted by molar-refractivity contribution is -0.117. The highest BCUT2D eigenvalue weighted by atomic mass is 32.2. The second-order valence-corrected chi connectivity index (χ2v) is 6.41. The van der Waals surface area contributed by atoms with Crippen molar-refractivity contribution in [1.82, 2.24) is 0 Å². The van der Waals surface area contributed by atoms with Gasteiger partial charge in [-0.05, 0) is 24.3 Å². The quantitative estimate of drug-likeness (QED) is 0.759. The molecule has 1 aromatic carbocycles. The molecule has 0 aromatic heterocycles. The Morgan fingerprint density at radius 1 is 1.30 bits per heavy atom. The van der Waals surface area contributed by atoms with E-state index in [0.29, 0.717) is 13.0 Å². The summed E-state index contributed by atoms with van der Waals surface area (Å²) in [6.45, 7) is 0.498. The molecule has 7 heteroatoms. The van der Waals surface area contributed by atoms with E-state index < -0.39 is 10.1 Å². The fourth-order valence-electron chi connectivity index (χ4n) is 2.12. The van der Waals surface area contributed by atoms with Crippen molar-refractivity contribution in [2.75, 3.05) is 31.4 Å². The minimum Gasteiger partial charge on any atom is -0.497 e. The molecule has 110 valence electrons. The van der Waals surface area contributed by atoms with Crippen molar-refractivity contribution in [3.05, 3.63) is 24.3 Å². The SMILES string of the molecule is COc1ccc(N2C[C@@H](COS(C)(=O)=O)CC2=O)cc1. The molecule has 1 saturated heterocycles. The third-order valence-corrected chi connectivity index (χ3v) is 3.67. The first-order valence-corrected chi connectivity index (χ1v) is 7.99. The van der Waals surface area contributed by atoms with Gasteiger partial charge in [0, 0.05) is 24.6 Å². The van der Waals surface area contributed by atoms with Crippen LogP contribution < -0.4 is 9.64 Å². The summed E-state index contributed by atoms with van der Waals surface area (Å²) in [5.41, 5.74) is 0.776. The highest BCUT2D eigenvalue weighted by molar-refractivity contribution is 7.85. The van der Waals surface area contributed by atoms with Gasteiger partial charge < -0.3 is 9.64 Å². The molecule has 20 heavy (non-hydrogen) atoms. The zero-order chi connectivity index (χ0) is 14.8. The van der Waals surface area contributed by atoms with Crippen LogP contribution in [0.3, 0.4) is 0 Å². The Hall–Kier alpha value is -1.60. The smallest absolute Gasteiger partial charge is 0.264 e. The van der Waals surface area contributed by atoms with Gasteiger partial charge in [0.15, 0.2) is 0 Å². The Labute approximate surface area is 118 Å². The van der Waals surface area contributed by atoms with Gasteiger partial charge in [-0.1, -0.05) is 0 Å². The molecule has 0 unspecified atom stereocenters. The van der Waals surface area contributed by atoms with Crippen molar-refractivity contribution in [2.45, 2.75) is 6.42 Å². The summed E-state index contributed by atoms with van der Waals surface area (Å²) in [5.74, 6) is 0.578. The first-order valence-electron chi connectivity index (χ1n) is 6.18. The van der Waals surface area contributed by atoms with Crippen molar-refractivity contribution in [3.8, 4) is 5.75 Å². The first-order chi connectivity index (χ1) is 9.39. The number of carbonyl (C=O) groups is 1. The Bertz CT molecular complexity index is 581. The average Bonchev–Trinajstić information content (AvgIpc) is 2.77. The van der Waals surface area contributed by atoms with Crippen molar-refractivity contribution in [2.24, 2.45) is 5.92 Å². The first kappa shape index (κ1) is 14.8. The fourth-order valence-corrected chi connectivity index (χ4v) is 2.56. The molecule has 1 aromatic rings. The molecule has 0 saturated carbocycles. The van der Waals surface area contributed by atoms with Gasteiger partial charge >= 0.3 is 0 Å². The maximum absolute atomic E-state index is 12.0. The molecular formula is C13H17NO5S. The lowest BCUT2D eigenvalue weighted by atomic mass is 10.1. The molecule has 0 spiro atoms. The van der Waals surface area contributed by atoms with Gasteiger partial charge in [0.05, 0.1) is 20.0 Å². The van der Waals surface area contributed by atoms with Crippen LogP contribution in [0.25, 0.3) is 0 Å². The topological polar surface area (TPSA) is 72.9 Å². The zero-order valence-electron chi connectivity index (χ0n) is 11.4. The van der Waals surface area contributed by atoms with Crippen LogP contribution in [-0.2, 0) is 19.1 Å². The number of hydrogen-bond donors (Lipinski definition) is 0. The summed E-state index contributed by atoms with van der Waals surface area (Å²) in [7, 11) is -1.89. The predicted octanol–water partition coefficient (Wildman–Crippen LogP) is 1.02. The molecule has 1 atom stereocenters.